The van der Waals surface area contributed by atoms with E-state index >= 15 is 0 Å². The quantitative estimate of drug-likeness (QED) is 0.513. The van der Waals surface area contributed by atoms with E-state index in [4.69, 9.17) is 5.11 Å². The highest BCUT2D eigenvalue weighted by atomic mass is 19.2. The molecule has 19 heavy (non-hydrogen) atoms. The number of ether oxygens (including phenoxy) is 1. The van der Waals surface area contributed by atoms with Crippen LogP contribution in [0.3, 0.4) is 0 Å². The minimum atomic E-state index is -2.33. The first-order valence-electron chi connectivity index (χ1n) is 5.22. The topological polar surface area (TPSA) is 46.5 Å². The van der Waals surface area contributed by atoms with Crippen LogP contribution in [0.15, 0.2) is 0 Å². The highest BCUT2D eigenvalue weighted by Gasteiger charge is 2.30. The first-order chi connectivity index (χ1) is 8.81. The third-order valence-electron chi connectivity index (χ3n) is 2.26. The van der Waals surface area contributed by atoms with Gasteiger partial charge in [0.15, 0.2) is 11.9 Å². The van der Waals surface area contributed by atoms with Gasteiger partial charge in [-0.15, -0.1) is 0 Å². The van der Waals surface area contributed by atoms with E-state index in [1.165, 1.54) is 0 Å². The van der Waals surface area contributed by atoms with E-state index in [0.717, 1.165) is 0 Å². The average molecular weight is 284 g/mol. The molecule has 0 amide bonds. The van der Waals surface area contributed by atoms with E-state index in [1.54, 1.807) is 6.92 Å². The molecule has 3 nitrogen and oxygen atoms in total. The van der Waals surface area contributed by atoms with Crippen LogP contribution in [-0.4, -0.2) is 17.2 Å². The van der Waals surface area contributed by atoms with Crippen molar-refractivity contribution in [3.05, 3.63) is 29.1 Å². The predicted molar refractivity (Wildman–Crippen MR) is 53.2 cm³/mol. The van der Waals surface area contributed by atoms with Gasteiger partial charge in [-0.25, -0.2) is 18.0 Å². The summed E-state index contributed by atoms with van der Waals surface area (Å²) >= 11 is 0. The van der Waals surface area contributed by atoms with Gasteiger partial charge in [-0.05, 0) is 6.42 Å². The highest BCUT2D eigenvalue weighted by molar-refractivity contribution is 5.72. The first kappa shape index (κ1) is 15.2. The van der Waals surface area contributed by atoms with Gasteiger partial charge in [0.05, 0.1) is 0 Å². The molecule has 8 heteroatoms. The highest BCUT2D eigenvalue weighted by Crippen LogP contribution is 2.30. The molecule has 0 radical (unpaired) electrons. The fraction of sp³-hybridized carbons (Fsp3) is 0.364. The minimum Gasteiger partial charge on any atom is -0.479 e. The van der Waals surface area contributed by atoms with Gasteiger partial charge in [0, 0.05) is 0 Å². The summed E-state index contributed by atoms with van der Waals surface area (Å²) in [4.78, 5) is 10.7. The van der Waals surface area contributed by atoms with Crippen LogP contribution >= 0.6 is 0 Å². The van der Waals surface area contributed by atoms with Crippen molar-refractivity contribution >= 4 is 5.97 Å². The second kappa shape index (κ2) is 5.85. The number of hydrogen-bond donors (Lipinski definition) is 1. The molecular weight excluding hydrogens is 275 g/mol. The van der Waals surface area contributed by atoms with Crippen molar-refractivity contribution in [3.8, 4) is 5.75 Å². The lowest BCUT2D eigenvalue weighted by Gasteiger charge is -2.16. The monoisotopic (exact) mass is 284 g/mol. The Labute approximate surface area is 104 Å². The van der Waals surface area contributed by atoms with Crippen molar-refractivity contribution in [1.29, 1.82) is 0 Å². The van der Waals surface area contributed by atoms with Crippen LogP contribution in [0.25, 0.3) is 0 Å². The van der Waals surface area contributed by atoms with Crippen molar-refractivity contribution in [2.24, 2.45) is 0 Å². The molecule has 0 fully saturated rings. The molecular formula is C11H9F5O3. The van der Waals surface area contributed by atoms with Crippen molar-refractivity contribution in [2.75, 3.05) is 0 Å². The zero-order valence-corrected chi connectivity index (χ0v) is 9.65. The van der Waals surface area contributed by atoms with E-state index in [9.17, 15) is 26.7 Å². The first-order valence-corrected chi connectivity index (χ1v) is 5.22. The molecule has 1 N–H and O–H groups in total. The molecule has 1 unspecified atom stereocenters. The minimum absolute atomic E-state index is 0.144. The molecule has 0 saturated heterocycles. The van der Waals surface area contributed by atoms with E-state index < -0.39 is 46.9 Å². The fourth-order valence-corrected chi connectivity index (χ4v) is 1.33. The van der Waals surface area contributed by atoms with Gasteiger partial charge in [-0.2, -0.15) is 8.78 Å². The summed E-state index contributed by atoms with van der Waals surface area (Å²) in [5.74, 6) is -14.2. The maximum atomic E-state index is 13.2. The van der Waals surface area contributed by atoms with Crippen LogP contribution in [0.5, 0.6) is 5.75 Å². The Morgan fingerprint density at radius 1 is 1.05 bits per heavy atom. The van der Waals surface area contributed by atoms with Gasteiger partial charge >= 0.3 is 5.97 Å². The van der Waals surface area contributed by atoms with Crippen LogP contribution in [0, 0.1) is 29.1 Å². The summed E-state index contributed by atoms with van der Waals surface area (Å²) in [6, 6.07) is 0. The lowest BCUT2D eigenvalue weighted by Crippen LogP contribution is -2.28. The third-order valence-corrected chi connectivity index (χ3v) is 2.26. The van der Waals surface area contributed by atoms with Gasteiger partial charge in [-0.1, -0.05) is 13.3 Å². The van der Waals surface area contributed by atoms with E-state index in [2.05, 4.69) is 4.74 Å². The van der Waals surface area contributed by atoms with Gasteiger partial charge in [0.2, 0.25) is 29.1 Å². The van der Waals surface area contributed by atoms with Crippen LogP contribution in [0.4, 0.5) is 22.0 Å². The molecule has 1 atom stereocenters. The van der Waals surface area contributed by atoms with Gasteiger partial charge in [0.25, 0.3) is 0 Å². The number of carboxylic acids is 1. The van der Waals surface area contributed by atoms with E-state index in [0.29, 0.717) is 0 Å². The molecule has 0 aliphatic rings. The van der Waals surface area contributed by atoms with E-state index in [1.807, 2.05) is 0 Å². The summed E-state index contributed by atoms with van der Waals surface area (Å²) in [7, 11) is 0. The lowest BCUT2D eigenvalue weighted by molar-refractivity contribution is -0.145. The molecule has 0 aliphatic heterocycles. The molecule has 0 aliphatic carbocycles. The molecule has 0 bridgehead atoms. The predicted octanol–water partition coefficient (Wildman–Crippen LogP) is 3.01. The van der Waals surface area contributed by atoms with Crippen molar-refractivity contribution in [1.82, 2.24) is 0 Å². The van der Waals surface area contributed by atoms with Crippen molar-refractivity contribution in [3.63, 3.8) is 0 Å². The Morgan fingerprint density at radius 2 is 1.47 bits per heavy atom. The SMILES string of the molecule is CCCC(Oc1c(F)c(F)c(F)c(F)c1F)C(=O)O. The third kappa shape index (κ3) is 2.94. The van der Waals surface area contributed by atoms with Crippen molar-refractivity contribution in [2.45, 2.75) is 25.9 Å². The normalized spacial score (nSPS) is 12.3. The largest absolute Gasteiger partial charge is 0.479 e. The second-order valence-electron chi connectivity index (χ2n) is 3.63. The Bertz CT molecular complexity index is 475. The Morgan fingerprint density at radius 3 is 1.84 bits per heavy atom. The number of hydrogen-bond acceptors (Lipinski definition) is 2. The standard InChI is InChI=1S/C11H9F5O3/c1-2-3-4(11(17)18)19-10-8(15)6(13)5(12)7(14)9(10)16/h4H,2-3H2,1H3,(H,17,18). The molecule has 1 aromatic carbocycles. The number of rotatable bonds is 5. The Hall–Kier alpha value is -1.86. The maximum Gasteiger partial charge on any atom is 0.344 e. The van der Waals surface area contributed by atoms with Crippen LogP contribution in [-0.2, 0) is 4.79 Å². The van der Waals surface area contributed by atoms with Gasteiger partial charge in [-0.3, -0.25) is 0 Å². The Kier molecular flexibility index (Phi) is 4.68. The number of carboxylic acid groups (broad SMARTS) is 1. The van der Waals surface area contributed by atoms with Crippen LogP contribution < -0.4 is 4.74 Å². The molecule has 1 aromatic rings. The Balaban J connectivity index is 3.24. The average Bonchev–Trinajstić information content (AvgIpc) is 2.37. The fourth-order valence-electron chi connectivity index (χ4n) is 1.33. The zero-order chi connectivity index (χ0) is 14.7. The summed E-state index contributed by atoms with van der Waals surface area (Å²) < 4.78 is 69.3. The number of aliphatic carboxylic acids is 1. The second-order valence-corrected chi connectivity index (χ2v) is 3.63. The van der Waals surface area contributed by atoms with Crippen LogP contribution in [0.2, 0.25) is 0 Å². The van der Waals surface area contributed by atoms with Crippen LogP contribution in [0.1, 0.15) is 19.8 Å². The molecule has 0 spiro atoms. The summed E-state index contributed by atoms with van der Waals surface area (Å²) in [5, 5.41) is 8.71. The van der Waals surface area contributed by atoms with Crippen molar-refractivity contribution < 1.29 is 36.6 Å². The number of carbonyl (C=O) groups is 1. The summed E-state index contributed by atoms with van der Waals surface area (Å²) in [6.07, 6.45) is -1.56. The molecule has 1 rings (SSSR count). The summed E-state index contributed by atoms with van der Waals surface area (Å²) in [5.41, 5.74) is 0. The summed E-state index contributed by atoms with van der Waals surface area (Å²) in [6.45, 7) is 1.57. The maximum absolute atomic E-state index is 13.2. The van der Waals surface area contributed by atoms with Gasteiger partial charge < -0.3 is 9.84 Å². The zero-order valence-electron chi connectivity index (χ0n) is 9.65. The molecule has 0 saturated carbocycles. The smallest absolute Gasteiger partial charge is 0.344 e. The number of halogens is 5. The molecule has 0 heterocycles. The lowest BCUT2D eigenvalue weighted by atomic mass is 10.2. The number of benzene rings is 1. The van der Waals surface area contributed by atoms with Gasteiger partial charge in [0.1, 0.15) is 0 Å². The van der Waals surface area contributed by atoms with E-state index in [-0.39, 0.29) is 12.8 Å². The molecule has 106 valence electrons. The molecule has 0 aromatic heterocycles.